The number of hydrogen-bond acceptors (Lipinski definition) is 2. The van der Waals surface area contributed by atoms with Crippen molar-refractivity contribution in [3.63, 3.8) is 0 Å². The molecule has 114 valence electrons. The fourth-order valence-electron chi connectivity index (χ4n) is 2.68. The molecule has 1 amide bonds. The first-order valence-corrected chi connectivity index (χ1v) is 7.71. The molecule has 6 heteroatoms. The standard InChI is InChI=1S/C15H17Cl2NO3/c16-10-5-6-12(17)11(9-10)13(19)18-15(14(20)21)7-3-1-2-4-8-15/h5-6,9H,1-4,7-8H2,(H,18,19)(H,20,21). The topological polar surface area (TPSA) is 66.4 Å². The third-order valence-corrected chi connectivity index (χ3v) is 4.46. The minimum atomic E-state index is -1.21. The van der Waals surface area contributed by atoms with E-state index < -0.39 is 17.4 Å². The minimum absolute atomic E-state index is 0.203. The summed E-state index contributed by atoms with van der Waals surface area (Å²) in [5.74, 6) is -1.48. The molecule has 0 heterocycles. The highest BCUT2D eigenvalue weighted by Gasteiger charge is 2.40. The molecule has 1 aromatic carbocycles. The van der Waals surface area contributed by atoms with E-state index in [1.54, 1.807) is 6.07 Å². The molecule has 0 bridgehead atoms. The van der Waals surface area contributed by atoms with Crippen LogP contribution in [0, 0.1) is 0 Å². The van der Waals surface area contributed by atoms with E-state index in [-0.39, 0.29) is 10.6 Å². The largest absolute Gasteiger partial charge is 0.480 e. The Morgan fingerprint density at radius 1 is 1.10 bits per heavy atom. The van der Waals surface area contributed by atoms with Crippen molar-refractivity contribution >= 4 is 35.1 Å². The van der Waals surface area contributed by atoms with Gasteiger partial charge in [-0.25, -0.2) is 4.79 Å². The van der Waals surface area contributed by atoms with Crippen molar-refractivity contribution in [1.82, 2.24) is 5.32 Å². The molecule has 0 radical (unpaired) electrons. The van der Waals surface area contributed by atoms with Crippen molar-refractivity contribution in [2.45, 2.75) is 44.1 Å². The summed E-state index contributed by atoms with van der Waals surface area (Å²) < 4.78 is 0. The van der Waals surface area contributed by atoms with Gasteiger partial charge in [-0.2, -0.15) is 0 Å². The lowest BCUT2D eigenvalue weighted by Gasteiger charge is -2.29. The number of hydrogen-bond donors (Lipinski definition) is 2. The first-order valence-electron chi connectivity index (χ1n) is 6.95. The van der Waals surface area contributed by atoms with Crippen LogP contribution in [0.4, 0.5) is 0 Å². The molecule has 0 unspecified atom stereocenters. The summed E-state index contributed by atoms with van der Waals surface area (Å²) in [6.07, 6.45) is 4.43. The third-order valence-electron chi connectivity index (χ3n) is 3.89. The summed E-state index contributed by atoms with van der Waals surface area (Å²) in [6.45, 7) is 0. The van der Waals surface area contributed by atoms with Gasteiger partial charge in [0.2, 0.25) is 0 Å². The Balaban J connectivity index is 2.26. The smallest absolute Gasteiger partial charge is 0.329 e. The van der Waals surface area contributed by atoms with Gasteiger partial charge in [-0.1, -0.05) is 48.9 Å². The molecular weight excluding hydrogens is 313 g/mol. The monoisotopic (exact) mass is 329 g/mol. The lowest BCUT2D eigenvalue weighted by atomic mass is 9.90. The SMILES string of the molecule is O=C(NC1(C(=O)O)CCCCCC1)c1cc(Cl)ccc1Cl. The van der Waals surface area contributed by atoms with Crippen LogP contribution in [0.15, 0.2) is 18.2 Å². The van der Waals surface area contributed by atoms with E-state index in [0.717, 1.165) is 25.7 Å². The van der Waals surface area contributed by atoms with Crippen LogP contribution in [0.2, 0.25) is 10.0 Å². The maximum Gasteiger partial charge on any atom is 0.329 e. The molecule has 0 atom stereocenters. The van der Waals surface area contributed by atoms with Crippen LogP contribution >= 0.6 is 23.2 Å². The Bertz CT molecular complexity index is 552. The predicted molar refractivity (Wildman–Crippen MR) is 82.0 cm³/mol. The maximum absolute atomic E-state index is 12.4. The summed E-state index contributed by atoms with van der Waals surface area (Å²) in [7, 11) is 0. The van der Waals surface area contributed by atoms with Crippen LogP contribution in [0.25, 0.3) is 0 Å². The van der Waals surface area contributed by atoms with Crippen LogP contribution in [0.3, 0.4) is 0 Å². The molecule has 21 heavy (non-hydrogen) atoms. The van der Waals surface area contributed by atoms with Gasteiger partial charge in [-0.3, -0.25) is 4.79 Å². The van der Waals surface area contributed by atoms with Gasteiger partial charge in [-0.05, 0) is 31.0 Å². The van der Waals surface area contributed by atoms with Crippen molar-refractivity contribution in [2.24, 2.45) is 0 Å². The fraction of sp³-hybridized carbons (Fsp3) is 0.467. The van der Waals surface area contributed by atoms with Crippen LogP contribution in [-0.2, 0) is 4.79 Å². The summed E-state index contributed by atoms with van der Waals surface area (Å²) in [4.78, 5) is 24.1. The summed E-state index contributed by atoms with van der Waals surface area (Å²) in [6, 6.07) is 4.56. The first kappa shape index (κ1) is 16.1. The zero-order valence-corrected chi connectivity index (χ0v) is 13.0. The molecule has 2 N–H and O–H groups in total. The highest BCUT2D eigenvalue weighted by molar-refractivity contribution is 6.35. The first-order chi connectivity index (χ1) is 9.94. The van der Waals surface area contributed by atoms with E-state index in [2.05, 4.69) is 5.32 Å². The molecule has 0 aliphatic heterocycles. The van der Waals surface area contributed by atoms with Gasteiger partial charge < -0.3 is 10.4 Å². The minimum Gasteiger partial charge on any atom is -0.480 e. The molecule has 0 saturated heterocycles. The van der Waals surface area contributed by atoms with Gasteiger partial charge in [0.15, 0.2) is 0 Å². The second kappa shape index (κ2) is 6.67. The summed E-state index contributed by atoms with van der Waals surface area (Å²) >= 11 is 11.9. The van der Waals surface area contributed by atoms with Gasteiger partial charge >= 0.3 is 5.97 Å². The molecule has 1 aliphatic carbocycles. The number of benzene rings is 1. The average molecular weight is 330 g/mol. The number of amides is 1. The van der Waals surface area contributed by atoms with Crippen molar-refractivity contribution in [3.8, 4) is 0 Å². The maximum atomic E-state index is 12.4. The van der Waals surface area contributed by atoms with Crippen molar-refractivity contribution in [2.75, 3.05) is 0 Å². The molecule has 2 rings (SSSR count). The van der Waals surface area contributed by atoms with Gasteiger partial charge in [-0.15, -0.1) is 0 Å². The van der Waals surface area contributed by atoms with Crippen LogP contribution < -0.4 is 5.32 Å². The number of halogens is 2. The van der Waals surface area contributed by atoms with Gasteiger partial charge in [0, 0.05) is 5.02 Å². The highest BCUT2D eigenvalue weighted by Crippen LogP contribution is 2.29. The fourth-order valence-corrected chi connectivity index (χ4v) is 3.06. The molecular formula is C15H17Cl2NO3. The Hall–Kier alpha value is -1.26. The molecule has 1 fully saturated rings. The van der Waals surface area contributed by atoms with E-state index >= 15 is 0 Å². The Kier molecular flexibility index (Phi) is 5.12. The van der Waals surface area contributed by atoms with E-state index in [9.17, 15) is 14.7 Å². The van der Waals surface area contributed by atoms with E-state index in [4.69, 9.17) is 23.2 Å². The molecule has 0 spiro atoms. The molecule has 1 aromatic rings. The number of carboxylic acid groups (broad SMARTS) is 1. The zero-order chi connectivity index (χ0) is 15.5. The lowest BCUT2D eigenvalue weighted by Crippen LogP contribution is -2.54. The molecule has 1 saturated carbocycles. The van der Waals surface area contributed by atoms with Crippen molar-refractivity contribution in [3.05, 3.63) is 33.8 Å². The molecule has 1 aliphatic rings. The average Bonchev–Trinajstić information content (AvgIpc) is 2.68. The number of rotatable bonds is 3. The van der Waals surface area contributed by atoms with Crippen LogP contribution in [0.1, 0.15) is 48.9 Å². The zero-order valence-electron chi connectivity index (χ0n) is 11.5. The summed E-state index contributed by atoms with van der Waals surface area (Å²) in [5.41, 5.74) is -1.01. The van der Waals surface area contributed by atoms with Crippen molar-refractivity contribution in [1.29, 1.82) is 0 Å². The third kappa shape index (κ3) is 3.69. The predicted octanol–water partition coefficient (Wildman–Crippen LogP) is 3.90. The Morgan fingerprint density at radius 3 is 2.29 bits per heavy atom. The molecule has 4 nitrogen and oxygen atoms in total. The van der Waals surface area contributed by atoms with Gasteiger partial charge in [0.1, 0.15) is 5.54 Å². The Labute approximate surface area is 133 Å². The quantitative estimate of drug-likeness (QED) is 0.826. The second-order valence-corrected chi connectivity index (χ2v) is 6.22. The lowest BCUT2D eigenvalue weighted by molar-refractivity contribution is -0.145. The Morgan fingerprint density at radius 2 is 1.71 bits per heavy atom. The van der Waals surface area contributed by atoms with E-state index in [0.29, 0.717) is 17.9 Å². The van der Waals surface area contributed by atoms with Crippen molar-refractivity contribution < 1.29 is 14.7 Å². The van der Waals surface area contributed by atoms with Gasteiger partial charge in [0.25, 0.3) is 5.91 Å². The van der Waals surface area contributed by atoms with E-state index in [1.807, 2.05) is 0 Å². The number of aliphatic carboxylic acids is 1. The highest BCUT2D eigenvalue weighted by atomic mass is 35.5. The van der Waals surface area contributed by atoms with E-state index in [1.165, 1.54) is 12.1 Å². The number of carboxylic acids is 1. The number of carbonyl (C=O) groups excluding carboxylic acids is 1. The van der Waals surface area contributed by atoms with Crippen LogP contribution in [-0.4, -0.2) is 22.5 Å². The normalized spacial score (nSPS) is 17.8. The number of carbonyl (C=O) groups is 2. The molecule has 0 aromatic heterocycles. The van der Waals surface area contributed by atoms with Crippen LogP contribution in [0.5, 0.6) is 0 Å². The summed E-state index contributed by atoms with van der Waals surface area (Å²) in [5, 5.41) is 12.9. The number of nitrogens with one attached hydrogen (secondary N) is 1. The van der Waals surface area contributed by atoms with Gasteiger partial charge in [0.05, 0.1) is 10.6 Å². The second-order valence-electron chi connectivity index (χ2n) is 5.38.